The molecular weight excluding hydrogens is 268 g/mol. The lowest BCUT2D eigenvalue weighted by molar-refractivity contribution is 0.205. The molecule has 0 aliphatic rings. The Bertz CT molecular complexity index is 502. The molecule has 0 unspecified atom stereocenters. The van der Waals surface area contributed by atoms with Crippen molar-refractivity contribution in [3.8, 4) is 0 Å². The molecule has 6 nitrogen and oxygen atoms in total. The molecule has 7 heteroatoms. The van der Waals surface area contributed by atoms with Crippen LogP contribution in [0.4, 0.5) is 4.79 Å². The van der Waals surface area contributed by atoms with E-state index in [0.717, 1.165) is 16.3 Å². The Balaban J connectivity index is 2.85. The van der Waals surface area contributed by atoms with E-state index in [9.17, 15) is 13.2 Å². The first-order chi connectivity index (χ1) is 8.95. The fourth-order valence-corrected chi connectivity index (χ4v) is 2.52. The molecule has 19 heavy (non-hydrogen) atoms. The summed E-state index contributed by atoms with van der Waals surface area (Å²) in [5.74, 6) is 0. The fraction of sp³-hybridized carbons (Fsp3) is 0.417. The minimum atomic E-state index is -4.13. The maximum atomic E-state index is 11.9. The monoisotopic (exact) mass is 286 g/mol. The van der Waals surface area contributed by atoms with E-state index in [1.807, 2.05) is 25.1 Å². The van der Waals surface area contributed by atoms with Crippen LogP contribution in [0.5, 0.6) is 0 Å². The van der Waals surface area contributed by atoms with Crippen LogP contribution in [-0.4, -0.2) is 25.4 Å². The third-order valence-corrected chi connectivity index (χ3v) is 3.79. The van der Waals surface area contributed by atoms with Crippen molar-refractivity contribution in [2.24, 2.45) is 5.73 Å². The summed E-state index contributed by atoms with van der Waals surface area (Å²) in [6, 6.07) is 9.08. The number of hydrogen-bond donors (Lipinski definition) is 1. The summed E-state index contributed by atoms with van der Waals surface area (Å²) >= 11 is 0. The Morgan fingerprint density at radius 2 is 1.95 bits per heavy atom. The Morgan fingerprint density at radius 3 is 2.47 bits per heavy atom. The molecule has 1 aromatic carbocycles. The van der Waals surface area contributed by atoms with Crippen LogP contribution in [-0.2, 0) is 21.0 Å². The van der Waals surface area contributed by atoms with Crippen molar-refractivity contribution in [3.63, 3.8) is 0 Å². The minimum Gasteiger partial charge on any atom is -0.334 e. The van der Waals surface area contributed by atoms with E-state index in [1.54, 1.807) is 12.1 Å². The van der Waals surface area contributed by atoms with Gasteiger partial charge in [0.15, 0.2) is 0 Å². The van der Waals surface area contributed by atoms with Gasteiger partial charge in [0.05, 0.1) is 0 Å². The second-order valence-electron chi connectivity index (χ2n) is 4.03. The molecule has 1 aromatic rings. The van der Waals surface area contributed by atoms with Crippen molar-refractivity contribution in [1.82, 2.24) is 4.31 Å². The van der Waals surface area contributed by atoms with Gasteiger partial charge in [0.2, 0.25) is 0 Å². The number of benzene rings is 1. The summed E-state index contributed by atoms with van der Waals surface area (Å²) in [6.07, 6.45) is 0.181. The van der Waals surface area contributed by atoms with E-state index in [2.05, 4.69) is 4.18 Å². The third-order valence-electron chi connectivity index (χ3n) is 2.47. The summed E-state index contributed by atoms with van der Waals surface area (Å²) < 4.78 is 29.0. The van der Waals surface area contributed by atoms with Gasteiger partial charge in [0.25, 0.3) is 0 Å². The number of unbranched alkanes of at least 4 members (excludes halogenated alkanes) is 1. The second kappa shape index (κ2) is 7.10. The summed E-state index contributed by atoms with van der Waals surface area (Å²) in [5.41, 5.74) is 5.59. The molecule has 0 atom stereocenters. The van der Waals surface area contributed by atoms with Gasteiger partial charge in [-0.3, -0.25) is 0 Å². The third kappa shape index (κ3) is 5.27. The first kappa shape index (κ1) is 15.5. The van der Waals surface area contributed by atoms with Gasteiger partial charge in [0, 0.05) is 13.1 Å². The summed E-state index contributed by atoms with van der Waals surface area (Å²) in [6.45, 7) is 2.37. The molecule has 1 amide bonds. The topological polar surface area (TPSA) is 89.7 Å². The van der Waals surface area contributed by atoms with E-state index in [0.29, 0.717) is 6.42 Å². The SMILES string of the molecule is CCCCN(Cc1ccccc1)S(=O)(=O)OC(N)=O. The van der Waals surface area contributed by atoms with E-state index in [4.69, 9.17) is 5.73 Å². The minimum absolute atomic E-state index is 0.149. The molecule has 0 bridgehead atoms. The number of carbonyl (C=O) groups excluding carboxylic acids is 1. The normalized spacial score (nSPS) is 11.5. The smallest absolute Gasteiger partial charge is 0.334 e. The van der Waals surface area contributed by atoms with Gasteiger partial charge >= 0.3 is 16.4 Å². The molecule has 0 saturated heterocycles. The predicted octanol–water partition coefficient (Wildman–Crippen LogP) is 1.63. The number of carbonyl (C=O) groups is 1. The van der Waals surface area contributed by atoms with Gasteiger partial charge in [-0.2, -0.15) is 12.7 Å². The number of primary amides is 1. The number of nitrogens with zero attached hydrogens (tertiary/aromatic N) is 1. The molecule has 0 radical (unpaired) electrons. The van der Waals surface area contributed by atoms with Crippen LogP contribution in [0.1, 0.15) is 25.3 Å². The van der Waals surface area contributed by atoms with Gasteiger partial charge in [-0.25, -0.2) is 4.79 Å². The van der Waals surface area contributed by atoms with Crippen LogP contribution in [0.25, 0.3) is 0 Å². The van der Waals surface area contributed by atoms with Crippen molar-refractivity contribution in [1.29, 1.82) is 0 Å². The van der Waals surface area contributed by atoms with E-state index >= 15 is 0 Å². The highest BCUT2D eigenvalue weighted by Crippen LogP contribution is 2.12. The predicted molar refractivity (Wildman–Crippen MR) is 71.3 cm³/mol. The highest BCUT2D eigenvalue weighted by Gasteiger charge is 2.25. The molecule has 0 aliphatic carbocycles. The zero-order valence-corrected chi connectivity index (χ0v) is 11.6. The molecule has 0 aliphatic heterocycles. The largest absolute Gasteiger partial charge is 0.421 e. The van der Waals surface area contributed by atoms with E-state index in [-0.39, 0.29) is 13.1 Å². The Labute approximate surface area is 113 Å². The summed E-state index contributed by atoms with van der Waals surface area (Å²) in [5, 5.41) is 0. The number of amides is 1. The van der Waals surface area contributed by atoms with Gasteiger partial charge in [-0.1, -0.05) is 43.7 Å². The quantitative estimate of drug-likeness (QED) is 0.825. The number of hydrogen-bond acceptors (Lipinski definition) is 4. The Morgan fingerprint density at radius 1 is 1.32 bits per heavy atom. The molecule has 106 valence electrons. The van der Waals surface area contributed by atoms with Gasteiger partial charge < -0.3 is 9.92 Å². The first-order valence-electron chi connectivity index (χ1n) is 5.98. The molecule has 0 fully saturated rings. The van der Waals surface area contributed by atoms with Gasteiger partial charge in [-0.05, 0) is 12.0 Å². The molecule has 2 N–H and O–H groups in total. The van der Waals surface area contributed by atoms with Crippen LogP contribution >= 0.6 is 0 Å². The van der Waals surface area contributed by atoms with Gasteiger partial charge in [0.1, 0.15) is 0 Å². The zero-order valence-electron chi connectivity index (χ0n) is 10.8. The first-order valence-corrected chi connectivity index (χ1v) is 7.35. The molecule has 1 rings (SSSR count). The zero-order chi connectivity index (χ0) is 14.3. The van der Waals surface area contributed by atoms with Crippen molar-refractivity contribution in [2.45, 2.75) is 26.3 Å². The molecular formula is C12H18N2O4S. The average Bonchev–Trinajstić information content (AvgIpc) is 2.34. The van der Waals surface area contributed by atoms with E-state index < -0.39 is 16.4 Å². The lowest BCUT2D eigenvalue weighted by atomic mass is 10.2. The van der Waals surface area contributed by atoms with E-state index in [1.165, 1.54) is 0 Å². The maximum absolute atomic E-state index is 11.9. The molecule has 0 aromatic heterocycles. The highest BCUT2D eigenvalue weighted by atomic mass is 32.2. The van der Waals surface area contributed by atoms with Crippen LogP contribution in [0.15, 0.2) is 30.3 Å². The molecule has 0 saturated carbocycles. The lowest BCUT2D eigenvalue weighted by Gasteiger charge is -2.20. The number of rotatable bonds is 7. The fourth-order valence-electron chi connectivity index (χ4n) is 1.55. The number of nitrogens with two attached hydrogens (primary N) is 1. The van der Waals surface area contributed by atoms with Crippen LogP contribution in [0, 0.1) is 0 Å². The Kier molecular flexibility index (Phi) is 5.78. The van der Waals surface area contributed by atoms with Crippen LogP contribution in [0.2, 0.25) is 0 Å². The summed E-state index contributed by atoms with van der Waals surface area (Å²) in [4.78, 5) is 10.6. The van der Waals surface area contributed by atoms with Crippen molar-refractivity contribution in [2.75, 3.05) is 6.54 Å². The lowest BCUT2D eigenvalue weighted by Crippen LogP contribution is -2.35. The Hall–Kier alpha value is -1.60. The molecule has 0 spiro atoms. The molecule has 0 heterocycles. The van der Waals surface area contributed by atoms with Crippen molar-refractivity contribution >= 4 is 16.4 Å². The van der Waals surface area contributed by atoms with Crippen molar-refractivity contribution in [3.05, 3.63) is 35.9 Å². The average molecular weight is 286 g/mol. The second-order valence-corrected chi connectivity index (χ2v) is 5.57. The van der Waals surface area contributed by atoms with Gasteiger partial charge in [-0.15, -0.1) is 0 Å². The standard InChI is InChI=1S/C12H18N2O4S/c1-2-3-9-14(19(16,17)18-12(13)15)10-11-7-5-4-6-8-11/h4-8H,2-3,9-10H2,1H3,(H2,13,15). The summed E-state index contributed by atoms with van der Waals surface area (Å²) in [7, 11) is -4.13. The highest BCUT2D eigenvalue weighted by molar-refractivity contribution is 7.84. The van der Waals surface area contributed by atoms with Crippen molar-refractivity contribution < 1.29 is 17.4 Å². The van der Waals surface area contributed by atoms with Crippen LogP contribution in [0.3, 0.4) is 0 Å². The maximum Gasteiger partial charge on any atom is 0.421 e. The van der Waals surface area contributed by atoms with Crippen LogP contribution < -0.4 is 5.73 Å².